The van der Waals surface area contributed by atoms with E-state index < -0.39 is 0 Å². The van der Waals surface area contributed by atoms with Crippen LogP contribution in [0.1, 0.15) is 58.0 Å². The Hall–Kier alpha value is -3.74. The molecule has 4 aromatic rings. The van der Waals surface area contributed by atoms with E-state index in [1.165, 1.54) is 21.6 Å². The Morgan fingerprint density at radius 1 is 0.857 bits per heavy atom. The summed E-state index contributed by atoms with van der Waals surface area (Å²) in [6.07, 6.45) is 1.52. The van der Waals surface area contributed by atoms with Crippen molar-refractivity contribution in [1.82, 2.24) is 14.7 Å². The lowest BCUT2D eigenvalue weighted by atomic mass is 9.89. The van der Waals surface area contributed by atoms with E-state index in [1.807, 2.05) is 81.8 Å². The molecule has 2 aliphatic heterocycles. The fourth-order valence-corrected chi connectivity index (χ4v) is 7.50. The number of nitrogens with zero attached hydrogens (tertiary/aromatic N) is 3. The number of carbonyl (C=O) groups excluding carboxylic acids is 2. The second-order valence-corrected chi connectivity index (χ2v) is 12.6. The van der Waals surface area contributed by atoms with E-state index in [9.17, 15) is 9.59 Å². The Kier molecular flexibility index (Phi) is 8.54. The molecular formula is C36H39N3O2S. The smallest absolute Gasteiger partial charge is 0.234 e. The van der Waals surface area contributed by atoms with Crippen molar-refractivity contribution in [3.8, 4) is 0 Å². The van der Waals surface area contributed by atoms with Crippen LogP contribution in [0.4, 0.5) is 0 Å². The van der Waals surface area contributed by atoms with Crippen LogP contribution >= 0.6 is 11.3 Å². The first-order valence-electron chi connectivity index (χ1n) is 15.0. The monoisotopic (exact) mass is 577 g/mol. The predicted octanol–water partition coefficient (Wildman–Crippen LogP) is 6.29. The number of hydrogen-bond donors (Lipinski definition) is 0. The van der Waals surface area contributed by atoms with Gasteiger partial charge in [-0.1, -0.05) is 90.5 Å². The van der Waals surface area contributed by atoms with Gasteiger partial charge in [0, 0.05) is 50.1 Å². The lowest BCUT2D eigenvalue weighted by Crippen LogP contribution is -2.56. The standard InChI is InChI=1S/C36H39N3O2S/c1-26-13-15-30(16-14-26)35-31-19-24-42-32(31)17-20-37(35)21-18-33(40)38-22-23-39(27(2)25-38)36(41)34(28-9-5-3-6-10-28)29-11-7-4-8-12-29/h3-16,19,24,27,34-35H,17-18,20-23,25H2,1-2H3. The Balaban J connectivity index is 1.11. The van der Waals surface area contributed by atoms with Crippen molar-refractivity contribution >= 4 is 23.2 Å². The van der Waals surface area contributed by atoms with Crippen LogP contribution in [0.25, 0.3) is 0 Å². The highest BCUT2D eigenvalue weighted by Gasteiger charge is 2.35. The van der Waals surface area contributed by atoms with E-state index in [-0.39, 0.29) is 29.8 Å². The molecule has 5 nitrogen and oxygen atoms in total. The largest absolute Gasteiger partial charge is 0.339 e. The summed E-state index contributed by atoms with van der Waals surface area (Å²) in [6, 6.07) is 31.3. The van der Waals surface area contributed by atoms with Gasteiger partial charge in [-0.25, -0.2) is 0 Å². The topological polar surface area (TPSA) is 43.9 Å². The van der Waals surface area contributed by atoms with Gasteiger partial charge in [0.2, 0.25) is 11.8 Å². The molecule has 2 unspecified atom stereocenters. The molecule has 0 bridgehead atoms. The number of thiophene rings is 1. The number of rotatable bonds is 7. The number of piperazine rings is 1. The number of fused-ring (bicyclic) bond motifs is 1. The van der Waals surface area contributed by atoms with E-state index in [0.717, 1.165) is 30.6 Å². The van der Waals surface area contributed by atoms with Gasteiger partial charge in [-0.3, -0.25) is 14.5 Å². The van der Waals surface area contributed by atoms with Crippen molar-refractivity contribution in [2.24, 2.45) is 0 Å². The van der Waals surface area contributed by atoms with Gasteiger partial charge in [0.15, 0.2) is 0 Å². The minimum atomic E-state index is -0.350. The van der Waals surface area contributed by atoms with Crippen LogP contribution in [-0.4, -0.2) is 65.3 Å². The highest BCUT2D eigenvalue weighted by atomic mass is 32.1. The van der Waals surface area contributed by atoms with Gasteiger partial charge in [-0.05, 0) is 54.0 Å². The zero-order chi connectivity index (χ0) is 29.1. The third-order valence-corrected chi connectivity index (χ3v) is 9.84. The molecule has 2 atom stereocenters. The van der Waals surface area contributed by atoms with Crippen LogP contribution in [-0.2, 0) is 16.0 Å². The first-order valence-corrected chi connectivity index (χ1v) is 15.9. The molecule has 0 aliphatic carbocycles. The summed E-state index contributed by atoms with van der Waals surface area (Å²) < 4.78 is 0. The summed E-state index contributed by atoms with van der Waals surface area (Å²) in [7, 11) is 0. The number of benzene rings is 3. The van der Waals surface area contributed by atoms with Crippen molar-refractivity contribution in [2.45, 2.75) is 44.7 Å². The van der Waals surface area contributed by atoms with Gasteiger partial charge in [0.1, 0.15) is 0 Å². The molecule has 0 N–H and O–H groups in total. The maximum Gasteiger partial charge on any atom is 0.234 e. The lowest BCUT2D eigenvalue weighted by Gasteiger charge is -2.42. The van der Waals surface area contributed by atoms with Crippen LogP contribution in [0.3, 0.4) is 0 Å². The fourth-order valence-electron chi connectivity index (χ4n) is 6.59. The molecule has 2 aliphatic rings. The Morgan fingerprint density at radius 3 is 2.17 bits per heavy atom. The van der Waals surface area contributed by atoms with E-state index in [0.29, 0.717) is 26.1 Å². The third-order valence-electron chi connectivity index (χ3n) is 8.85. The summed E-state index contributed by atoms with van der Waals surface area (Å²) in [5.41, 5.74) is 5.93. The number of amides is 2. The summed E-state index contributed by atoms with van der Waals surface area (Å²) in [4.78, 5) is 35.4. The van der Waals surface area contributed by atoms with Gasteiger partial charge >= 0.3 is 0 Å². The maximum atomic E-state index is 14.0. The van der Waals surface area contributed by atoms with Crippen molar-refractivity contribution < 1.29 is 9.59 Å². The average Bonchev–Trinajstić information content (AvgIpc) is 3.50. The van der Waals surface area contributed by atoms with Crippen LogP contribution in [0, 0.1) is 6.92 Å². The normalized spacial score (nSPS) is 19.1. The Labute approximate surface area is 253 Å². The first kappa shape index (κ1) is 28.4. The molecule has 2 amide bonds. The minimum absolute atomic E-state index is 0.0474. The number of hydrogen-bond acceptors (Lipinski definition) is 4. The predicted molar refractivity (Wildman–Crippen MR) is 170 cm³/mol. The van der Waals surface area contributed by atoms with Crippen LogP contribution < -0.4 is 0 Å². The average molecular weight is 578 g/mol. The molecule has 6 rings (SSSR count). The summed E-state index contributed by atoms with van der Waals surface area (Å²) in [5, 5.41) is 2.20. The zero-order valence-electron chi connectivity index (χ0n) is 24.5. The van der Waals surface area contributed by atoms with Crippen molar-refractivity contribution in [3.63, 3.8) is 0 Å². The molecule has 0 saturated carbocycles. The van der Waals surface area contributed by atoms with Gasteiger partial charge in [-0.2, -0.15) is 0 Å². The Morgan fingerprint density at radius 2 is 1.52 bits per heavy atom. The van der Waals surface area contributed by atoms with E-state index in [4.69, 9.17) is 0 Å². The van der Waals surface area contributed by atoms with E-state index in [2.05, 4.69) is 54.5 Å². The lowest BCUT2D eigenvalue weighted by molar-refractivity contribution is -0.143. The second kappa shape index (κ2) is 12.6. The summed E-state index contributed by atoms with van der Waals surface area (Å²) in [6.45, 7) is 7.56. The second-order valence-electron chi connectivity index (χ2n) is 11.6. The van der Waals surface area contributed by atoms with Gasteiger partial charge in [0.05, 0.1) is 12.0 Å². The molecule has 1 fully saturated rings. The van der Waals surface area contributed by atoms with Crippen molar-refractivity contribution in [2.75, 3.05) is 32.7 Å². The molecule has 42 heavy (non-hydrogen) atoms. The van der Waals surface area contributed by atoms with E-state index >= 15 is 0 Å². The molecule has 3 aromatic carbocycles. The molecule has 0 spiro atoms. The number of carbonyl (C=O) groups is 2. The maximum absolute atomic E-state index is 14.0. The van der Waals surface area contributed by atoms with Gasteiger partial charge < -0.3 is 9.80 Å². The quantitative estimate of drug-likeness (QED) is 0.260. The Bertz CT molecular complexity index is 1460. The molecule has 216 valence electrons. The van der Waals surface area contributed by atoms with Gasteiger partial charge in [-0.15, -0.1) is 11.3 Å². The molecule has 3 heterocycles. The zero-order valence-corrected chi connectivity index (χ0v) is 25.3. The summed E-state index contributed by atoms with van der Waals surface area (Å²) in [5.74, 6) is -0.0693. The van der Waals surface area contributed by atoms with Crippen LogP contribution in [0.2, 0.25) is 0 Å². The van der Waals surface area contributed by atoms with Crippen molar-refractivity contribution in [3.05, 3.63) is 129 Å². The van der Waals surface area contributed by atoms with Crippen molar-refractivity contribution in [1.29, 1.82) is 0 Å². The molecule has 1 aromatic heterocycles. The minimum Gasteiger partial charge on any atom is -0.339 e. The molecule has 1 saturated heterocycles. The van der Waals surface area contributed by atoms with Crippen LogP contribution in [0.5, 0.6) is 0 Å². The summed E-state index contributed by atoms with van der Waals surface area (Å²) >= 11 is 1.84. The third kappa shape index (κ3) is 5.92. The van der Waals surface area contributed by atoms with E-state index in [1.54, 1.807) is 0 Å². The molecule has 0 radical (unpaired) electrons. The highest BCUT2D eigenvalue weighted by molar-refractivity contribution is 7.10. The first-order chi connectivity index (χ1) is 20.5. The van der Waals surface area contributed by atoms with Gasteiger partial charge in [0.25, 0.3) is 0 Å². The molecular weight excluding hydrogens is 538 g/mol. The fraction of sp³-hybridized carbons (Fsp3) is 0.333. The SMILES string of the molecule is Cc1ccc(C2c3ccsc3CCN2CCC(=O)N2CCN(C(=O)C(c3ccccc3)c3ccccc3)C(C)C2)cc1. The number of aryl methyl sites for hydroxylation is 1. The molecule has 6 heteroatoms. The van der Waals surface area contributed by atoms with Crippen LogP contribution in [0.15, 0.2) is 96.4 Å². The highest BCUT2D eigenvalue weighted by Crippen LogP contribution is 2.38.